The molecule has 0 spiro atoms. The first-order valence-corrected chi connectivity index (χ1v) is 7.01. The number of hydrogen-bond donors (Lipinski definition) is 1. The summed E-state index contributed by atoms with van der Waals surface area (Å²) in [6.45, 7) is 1.55. The predicted octanol–water partition coefficient (Wildman–Crippen LogP) is -0.233. The second-order valence-corrected chi connectivity index (χ2v) is 5.76. The molecule has 0 aromatic carbocycles. The number of alkyl halides is 1. The summed E-state index contributed by atoms with van der Waals surface area (Å²) in [5.41, 5.74) is 0. The molecule has 1 amide bonds. The van der Waals surface area contributed by atoms with Gasteiger partial charge < -0.3 is 5.32 Å². The maximum Gasteiger partial charge on any atom is 0.234 e. The topological polar surface area (TPSA) is 66.5 Å². The highest BCUT2D eigenvalue weighted by Crippen LogP contribution is 2.12. The molecule has 0 radical (unpaired) electrons. The second-order valence-electron chi connectivity index (χ2n) is 3.41. The van der Waals surface area contributed by atoms with Crippen LogP contribution in [-0.4, -0.2) is 49.9 Å². The quantitative estimate of drug-likeness (QED) is 0.544. The smallest absolute Gasteiger partial charge is 0.234 e. The minimum atomic E-state index is -3.00. The van der Waals surface area contributed by atoms with E-state index in [0.717, 1.165) is 0 Å². The van der Waals surface area contributed by atoms with Gasteiger partial charge in [0.2, 0.25) is 15.9 Å². The molecular formula is C8H15ClN2O3S. The lowest BCUT2D eigenvalue weighted by Gasteiger charge is -2.13. The predicted molar refractivity (Wildman–Crippen MR) is 58.3 cm³/mol. The van der Waals surface area contributed by atoms with Gasteiger partial charge in [0.15, 0.2) is 0 Å². The Hall–Kier alpha value is -0.330. The highest BCUT2D eigenvalue weighted by molar-refractivity contribution is 7.89. The van der Waals surface area contributed by atoms with E-state index in [-0.39, 0.29) is 17.5 Å². The van der Waals surface area contributed by atoms with Crippen LogP contribution < -0.4 is 5.32 Å². The van der Waals surface area contributed by atoms with Gasteiger partial charge in [0.05, 0.1) is 5.75 Å². The van der Waals surface area contributed by atoms with E-state index in [4.69, 9.17) is 11.6 Å². The van der Waals surface area contributed by atoms with Gasteiger partial charge in [0.25, 0.3) is 0 Å². The van der Waals surface area contributed by atoms with E-state index in [1.807, 2.05) is 0 Å². The molecule has 0 aromatic heterocycles. The lowest BCUT2D eigenvalue weighted by Crippen LogP contribution is -2.31. The summed E-state index contributed by atoms with van der Waals surface area (Å²) >= 11 is 5.29. The van der Waals surface area contributed by atoms with Crippen molar-refractivity contribution in [1.82, 2.24) is 9.62 Å². The van der Waals surface area contributed by atoms with E-state index >= 15 is 0 Å². The van der Waals surface area contributed by atoms with Crippen LogP contribution in [0.1, 0.15) is 12.8 Å². The normalized spacial score (nSPS) is 20.3. The minimum absolute atomic E-state index is 0.0536. The van der Waals surface area contributed by atoms with Gasteiger partial charge in [0.1, 0.15) is 5.88 Å². The highest BCUT2D eigenvalue weighted by atomic mass is 35.5. The number of sulfonamides is 1. The molecule has 0 saturated carbocycles. The molecule has 0 aliphatic carbocycles. The zero-order chi connectivity index (χ0) is 11.3. The molecule has 0 bridgehead atoms. The monoisotopic (exact) mass is 254 g/mol. The maximum absolute atomic E-state index is 11.4. The zero-order valence-corrected chi connectivity index (χ0v) is 9.98. The molecule has 15 heavy (non-hydrogen) atoms. The number of carbonyl (C=O) groups is 1. The number of rotatable bonds is 5. The summed E-state index contributed by atoms with van der Waals surface area (Å²) < 4.78 is 24.2. The van der Waals surface area contributed by atoms with Gasteiger partial charge in [0, 0.05) is 19.6 Å². The Bertz CT molecular complexity index is 318. The molecule has 1 aliphatic heterocycles. The highest BCUT2D eigenvalue weighted by Gasteiger charge is 2.27. The Morgan fingerprint density at radius 1 is 1.47 bits per heavy atom. The Balaban J connectivity index is 2.18. The lowest BCUT2D eigenvalue weighted by molar-refractivity contribution is -0.118. The molecule has 1 aliphatic rings. The third-order valence-corrected chi connectivity index (χ3v) is 4.43. The number of halogens is 1. The van der Waals surface area contributed by atoms with Crippen molar-refractivity contribution >= 4 is 27.5 Å². The molecule has 1 saturated heterocycles. The van der Waals surface area contributed by atoms with Crippen molar-refractivity contribution < 1.29 is 13.2 Å². The average Bonchev–Trinajstić information content (AvgIpc) is 2.52. The molecule has 88 valence electrons. The van der Waals surface area contributed by atoms with Crippen LogP contribution in [0.3, 0.4) is 0 Å². The summed E-state index contributed by atoms with van der Waals surface area (Å²) in [5.74, 6) is -0.0239. The van der Waals surface area contributed by atoms with Crippen LogP contribution in [-0.2, 0) is 14.8 Å². The fraction of sp³-hybridized carbons (Fsp3) is 0.875. The van der Waals surface area contributed by atoms with Crippen molar-refractivity contribution in [3.8, 4) is 0 Å². The van der Waals surface area contributed by atoms with Crippen LogP contribution in [0.15, 0.2) is 0 Å². The summed E-state index contributed by atoms with van der Waals surface area (Å²) in [7, 11) is -3.00. The van der Waals surface area contributed by atoms with Gasteiger partial charge in [-0.2, -0.15) is 0 Å². The van der Waals surface area contributed by atoms with Gasteiger partial charge in [-0.1, -0.05) is 0 Å². The first-order chi connectivity index (χ1) is 7.06. The van der Waals surface area contributed by atoms with E-state index in [2.05, 4.69) is 5.32 Å². The number of amides is 1. The van der Waals surface area contributed by atoms with Crippen LogP contribution in [0.2, 0.25) is 0 Å². The van der Waals surface area contributed by atoms with E-state index < -0.39 is 10.0 Å². The van der Waals surface area contributed by atoms with Gasteiger partial charge in [-0.15, -0.1) is 11.6 Å². The number of hydrogen-bond acceptors (Lipinski definition) is 3. The number of nitrogens with zero attached hydrogens (tertiary/aromatic N) is 1. The molecule has 7 heteroatoms. The van der Waals surface area contributed by atoms with Gasteiger partial charge >= 0.3 is 0 Å². The van der Waals surface area contributed by atoms with Crippen molar-refractivity contribution in [3.05, 3.63) is 0 Å². The third kappa shape index (κ3) is 3.96. The first-order valence-electron chi connectivity index (χ1n) is 4.87. The van der Waals surface area contributed by atoms with Crippen LogP contribution >= 0.6 is 11.6 Å². The summed E-state index contributed by atoms with van der Waals surface area (Å²) in [6.07, 6.45) is 1.33. The fourth-order valence-electron chi connectivity index (χ4n) is 1.47. The van der Waals surface area contributed by atoms with Crippen LogP contribution in [0.4, 0.5) is 0 Å². The van der Waals surface area contributed by atoms with E-state index in [1.165, 1.54) is 4.31 Å². The maximum atomic E-state index is 11.4. The molecule has 0 unspecified atom stereocenters. The van der Waals surface area contributed by atoms with Crippen molar-refractivity contribution in [3.63, 3.8) is 0 Å². The van der Waals surface area contributed by atoms with Crippen molar-refractivity contribution in [2.75, 3.05) is 31.3 Å². The van der Waals surface area contributed by atoms with Gasteiger partial charge in [-0.05, 0) is 12.8 Å². The van der Waals surface area contributed by atoms with Crippen LogP contribution in [0.25, 0.3) is 0 Å². The van der Waals surface area contributed by atoms with E-state index in [1.54, 1.807) is 0 Å². The van der Waals surface area contributed by atoms with Crippen LogP contribution in [0.5, 0.6) is 0 Å². The summed E-state index contributed by atoms with van der Waals surface area (Å²) in [5, 5.41) is 2.59. The standard InChI is InChI=1S/C8H15ClN2O3S/c9-7-8(12)10-3-1-4-11-5-2-6-15(11,13)14/h1-7H2,(H,10,12). The van der Waals surface area contributed by atoms with E-state index in [0.29, 0.717) is 32.5 Å². The summed E-state index contributed by atoms with van der Waals surface area (Å²) in [6, 6.07) is 0. The largest absolute Gasteiger partial charge is 0.355 e. The Labute approximate surface area is 94.8 Å². The summed E-state index contributed by atoms with van der Waals surface area (Å²) in [4.78, 5) is 10.8. The van der Waals surface area contributed by atoms with Crippen molar-refractivity contribution in [2.24, 2.45) is 0 Å². The molecule has 0 atom stereocenters. The zero-order valence-electron chi connectivity index (χ0n) is 8.41. The Kier molecular flexibility index (Phi) is 4.82. The number of nitrogens with one attached hydrogen (secondary N) is 1. The molecular weight excluding hydrogens is 240 g/mol. The average molecular weight is 255 g/mol. The fourth-order valence-corrected chi connectivity index (χ4v) is 3.13. The minimum Gasteiger partial charge on any atom is -0.355 e. The van der Waals surface area contributed by atoms with Crippen LogP contribution in [0, 0.1) is 0 Å². The van der Waals surface area contributed by atoms with Gasteiger partial charge in [-0.3, -0.25) is 4.79 Å². The molecule has 1 heterocycles. The van der Waals surface area contributed by atoms with E-state index in [9.17, 15) is 13.2 Å². The Morgan fingerprint density at radius 2 is 2.20 bits per heavy atom. The molecule has 5 nitrogen and oxygen atoms in total. The number of carbonyl (C=O) groups excluding carboxylic acids is 1. The van der Waals surface area contributed by atoms with Crippen molar-refractivity contribution in [2.45, 2.75) is 12.8 Å². The molecule has 1 fully saturated rings. The molecule has 0 aromatic rings. The molecule has 1 N–H and O–H groups in total. The molecule has 1 rings (SSSR count). The Morgan fingerprint density at radius 3 is 2.73 bits per heavy atom. The first kappa shape index (κ1) is 12.7. The second kappa shape index (κ2) is 5.67. The van der Waals surface area contributed by atoms with Crippen molar-refractivity contribution in [1.29, 1.82) is 0 Å². The lowest BCUT2D eigenvalue weighted by atomic mass is 10.4. The van der Waals surface area contributed by atoms with Gasteiger partial charge in [-0.25, -0.2) is 12.7 Å². The third-order valence-electron chi connectivity index (χ3n) is 2.23. The SMILES string of the molecule is O=C(CCl)NCCCN1CCCS1(=O)=O.